The summed E-state index contributed by atoms with van der Waals surface area (Å²) in [5, 5.41) is 0. The summed E-state index contributed by atoms with van der Waals surface area (Å²) in [5.41, 5.74) is 4.68. The molecule has 27 heavy (non-hydrogen) atoms. The fraction of sp³-hybridized carbons (Fsp3) is 0.458. The maximum absolute atomic E-state index is 6.43. The molecule has 0 spiro atoms. The monoisotopic (exact) mass is 365 g/mol. The molecule has 2 aromatic rings. The molecule has 144 valence electrons. The van der Waals surface area contributed by atoms with Crippen LogP contribution in [0.1, 0.15) is 69.4 Å². The van der Waals surface area contributed by atoms with Crippen molar-refractivity contribution in [1.29, 1.82) is 0 Å². The fourth-order valence-electron chi connectivity index (χ4n) is 4.16. The summed E-state index contributed by atoms with van der Waals surface area (Å²) in [6.07, 6.45) is 0.859. The van der Waals surface area contributed by atoms with Gasteiger partial charge in [0.15, 0.2) is 6.10 Å². The van der Waals surface area contributed by atoms with Gasteiger partial charge in [-0.1, -0.05) is 45.0 Å². The standard InChI is InChI=1S/C24H31NO2/c1-16-9-8-10-19-20(16)21(17-11-13-18(26-7)14-12-17)27-22(19)25-24(5,6)15-23(2,3)4/h8-14,21H,15H2,1-7H3. The second kappa shape index (κ2) is 7.03. The highest BCUT2D eigenvalue weighted by Gasteiger charge is 2.34. The lowest BCUT2D eigenvalue weighted by molar-refractivity contribution is 0.239. The molecule has 0 amide bonds. The van der Waals surface area contributed by atoms with Gasteiger partial charge in [-0.25, -0.2) is 4.99 Å². The van der Waals surface area contributed by atoms with E-state index in [4.69, 9.17) is 14.5 Å². The van der Waals surface area contributed by atoms with Gasteiger partial charge < -0.3 is 9.47 Å². The zero-order valence-electron chi connectivity index (χ0n) is 17.6. The van der Waals surface area contributed by atoms with Crippen molar-refractivity contribution in [2.45, 2.75) is 59.6 Å². The molecule has 2 aromatic carbocycles. The zero-order chi connectivity index (χ0) is 19.8. The Bertz CT molecular complexity index is 842. The third kappa shape index (κ3) is 4.35. The molecule has 0 N–H and O–H groups in total. The number of aryl methyl sites for hydroxylation is 1. The van der Waals surface area contributed by atoms with Crippen LogP contribution in [0.4, 0.5) is 0 Å². The highest BCUT2D eigenvalue weighted by molar-refractivity contribution is 5.99. The SMILES string of the molecule is COc1ccc(C2OC(=NC(C)(C)CC(C)(C)C)c3cccc(C)c32)cc1. The molecule has 1 heterocycles. The lowest BCUT2D eigenvalue weighted by Crippen LogP contribution is -2.26. The van der Waals surface area contributed by atoms with Gasteiger partial charge in [-0.15, -0.1) is 0 Å². The van der Waals surface area contributed by atoms with E-state index in [0.717, 1.165) is 29.2 Å². The van der Waals surface area contributed by atoms with Gasteiger partial charge >= 0.3 is 0 Å². The van der Waals surface area contributed by atoms with Crippen LogP contribution < -0.4 is 4.74 Å². The van der Waals surface area contributed by atoms with E-state index < -0.39 is 0 Å². The molecule has 0 saturated carbocycles. The van der Waals surface area contributed by atoms with E-state index in [9.17, 15) is 0 Å². The van der Waals surface area contributed by atoms with Crippen molar-refractivity contribution in [1.82, 2.24) is 0 Å². The van der Waals surface area contributed by atoms with Crippen molar-refractivity contribution in [3.05, 3.63) is 64.7 Å². The van der Waals surface area contributed by atoms with Crippen LogP contribution in [0.2, 0.25) is 0 Å². The first-order valence-corrected chi connectivity index (χ1v) is 9.60. The summed E-state index contributed by atoms with van der Waals surface area (Å²) in [4.78, 5) is 5.05. The van der Waals surface area contributed by atoms with E-state index >= 15 is 0 Å². The number of rotatable bonds is 4. The van der Waals surface area contributed by atoms with E-state index in [1.54, 1.807) is 7.11 Å². The third-order valence-corrected chi connectivity index (χ3v) is 4.83. The largest absolute Gasteiger partial charge is 0.497 e. The summed E-state index contributed by atoms with van der Waals surface area (Å²) in [6.45, 7) is 13.3. The maximum Gasteiger partial charge on any atom is 0.218 e. The van der Waals surface area contributed by atoms with Gasteiger partial charge in [0, 0.05) is 11.1 Å². The number of hydrogen-bond donors (Lipinski definition) is 0. The van der Waals surface area contributed by atoms with E-state index in [1.165, 1.54) is 11.1 Å². The van der Waals surface area contributed by atoms with Gasteiger partial charge in [0.05, 0.1) is 12.6 Å². The molecule has 1 aliphatic heterocycles. The van der Waals surface area contributed by atoms with Gasteiger partial charge in [-0.05, 0) is 61.9 Å². The molecular formula is C24H31NO2. The Labute approximate surface area is 163 Å². The number of benzene rings is 2. The minimum absolute atomic E-state index is 0.128. The van der Waals surface area contributed by atoms with Gasteiger partial charge in [-0.2, -0.15) is 0 Å². The first-order valence-electron chi connectivity index (χ1n) is 9.60. The lowest BCUT2D eigenvalue weighted by Gasteiger charge is -2.29. The highest BCUT2D eigenvalue weighted by Crippen LogP contribution is 2.40. The molecule has 0 bridgehead atoms. The Morgan fingerprint density at radius 3 is 2.26 bits per heavy atom. The number of fused-ring (bicyclic) bond motifs is 1. The van der Waals surface area contributed by atoms with Crippen LogP contribution in [0.15, 0.2) is 47.5 Å². The van der Waals surface area contributed by atoms with Crippen molar-refractivity contribution in [3.8, 4) is 5.75 Å². The Kier molecular flexibility index (Phi) is 5.07. The molecule has 1 unspecified atom stereocenters. The van der Waals surface area contributed by atoms with Gasteiger partial charge in [-0.3, -0.25) is 0 Å². The Balaban J connectivity index is 2.02. The molecule has 1 aliphatic rings. The lowest BCUT2D eigenvalue weighted by atomic mass is 9.82. The molecule has 3 heteroatoms. The Morgan fingerprint density at radius 2 is 1.67 bits per heavy atom. The fourth-order valence-corrected chi connectivity index (χ4v) is 4.16. The van der Waals surface area contributed by atoms with Gasteiger partial charge in [0.25, 0.3) is 0 Å². The van der Waals surface area contributed by atoms with Crippen LogP contribution in [0.25, 0.3) is 0 Å². The van der Waals surface area contributed by atoms with Crippen LogP contribution >= 0.6 is 0 Å². The average molecular weight is 366 g/mol. The predicted molar refractivity (Wildman–Crippen MR) is 112 cm³/mol. The van der Waals surface area contributed by atoms with Crippen LogP contribution in [-0.4, -0.2) is 18.5 Å². The second-order valence-corrected chi connectivity index (χ2v) is 9.27. The zero-order valence-corrected chi connectivity index (χ0v) is 17.6. The van der Waals surface area contributed by atoms with Crippen molar-refractivity contribution in [3.63, 3.8) is 0 Å². The van der Waals surface area contributed by atoms with E-state index in [1.807, 2.05) is 12.1 Å². The van der Waals surface area contributed by atoms with Crippen molar-refractivity contribution >= 4 is 5.90 Å². The van der Waals surface area contributed by atoms with Crippen molar-refractivity contribution < 1.29 is 9.47 Å². The summed E-state index contributed by atoms with van der Waals surface area (Å²) < 4.78 is 11.7. The van der Waals surface area contributed by atoms with Crippen LogP contribution in [0, 0.1) is 12.3 Å². The number of nitrogens with zero attached hydrogens (tertiary/aromatic N) is 1. The number of hydrogen-bond acceptors (Lipinski definition) is 3. The van der Waals surface area contributed by atoms with Crippen molar-refractivity contribution in [2.24, 2.45) is 10.4 Å². The smallest absolute Gasteiger partial charge is 0.218 e. The molecular weight excluding hydrogens is 334 g/mol. The first kappa shape index (κ1) is 19.5. The quantitative estimate of drug-likeness (QED) is 0.657. The summed E-state index contributed by atoms with van der Waals surface area (Å²) in [6, 6.07) is 14.5. The number of ether oxygens (including phenoxy) is 2. The predicted octanol–water partition coefficient (Wildman–Crippen LogP) is 6.08. The summed E-state index contributed by atoms with van der Waals surface area (Å²) in [5.74, 6) is 1.60. The third-order valence-electron chi connectivity index (χ3n) is 4.83. The molecule has 0 aliphatic carbocycles. The van der Waals surface area contributed by atoms with E-state index in [2.05, 4.69) is 71.9 Å². The average Bonchev–Trinajstić information content (AvgIpc) is 2.92. The molecule has 0 saturated heterocycles. The maximum atomic E-state index is 6.43. The Morgan fingerprint density at radius 1 is 1.00 bits per heavy atom. The van der Waals surface area contributed by atoms with Crippen LogP contribution in [0.3, 0.4) is 0 Å². The summed E-state index contributed by atoms with van der Waals surface area (Å²) >= 11 is 0. The molecule has 0 aromatic heterocycles. The molecule has 3 nitrogen and oxygen atoms in total. The highest BCUT2D eigenvalue weighted by atomic mass is 16.5. The molecule has 3 rings (SSSR count). The molecule has 1 atom stereocenters. The minimum Gasteiger partial charge on any atom is -0.497 e. The van der Waals surface area contributed by atoms with E-state index in [0.29, 0.717) is 0 Å². The Hall–Kier alpha value is -2.29. The summed E-state index contributed by atoms with van der Waals surface area (Å²) in [7, 11) is 1.68. The van der Waals surface area contributed by atoms with Crippen molar-refractivity contribution in [2.75, 3.05) is 7.11 Å². The topological polar surface area (TPSA) is 30.8 Å². The number of methoxy groups -OCH3 is 1. The van der Waals surface area contributed by atoms with Gasteiger partial charge in [0.2, 0.25) is 5.90 Å². The van der Waals surface area contributed by atoms with Crippen LogP contribution in [0.5, 0.6) is 5.75 Å². The molecule has 0 fully saturated rings. The molecule has 0 radical (unpaired) electrons. The first-order chi connectivity index (χ1) is 12.6. The normalized spacial score (nSPS) is 18.3. The number of aliphatic imine (C=N–C) groups is 1. The van der Waals surface area contributed by atoms with Gasteiger partial charge in [0.1, 0.15) is 5.75 Å². The van der Waals surface area contributed by atoms with Crippen LogP contribution in [-0.2, 0) is 4.74 Å². The second-order valence-electron chi connectivity index (χ2n) is 9.27. The minimum atomic E-state index is -0.191. The van der Waals surface area contributed by atoms with E-state index in [-0.39, 0.29) is 17.1 Å².